The minimum atomic E-state index is -4.17. The molecule has 2 N–H and O–H groups in total. The molecule has 4 saturated heterocycles. The van der Waals surface area contributed by atoms with Gasteiger partial charge >= 0.3 is 12.2 Å². The summed E-state index contributed by atoms with van der Waals surface area (Å²) in [5.74, 6) is -0.602. The van der Waals surface area contributed by atoms with E-state index < -0.39 is 23.9 Å². The van der Waals surface area contributed by atoms with Gasteiger partial charge in [0.05, 0.1) is 16.6 Å². The standard InChI is InChI=1S/C34H36F2N6O2.C6H9F3O.2C2H6/c1-18-23(35)6-4-19-14-21(43)15-22(27(18)19)30-29(36)31-28-25(38-30)8-9-26-24-7-5-20(37-24)16-42(26)32(28)40-33(39-31)44-17-34-10-2-12-41(34)13-3-11-34;1-10-5(4-2-3-4)6(7,8)9;2*1-2/h4,6,14-15,20,24,26,37,43H,2-3,5,7-13,16-17H2,1H3;4-5H,2-3H2,1H3;2*1-2H3/t20-,24-,26?;;;/m0.../s1. The summed E-state index contributed by atoms with van der Waals surface area (Å²) in [4.78, 5) is 19.6. The number of methoxy groups -OCH3 is 1. The van der Waals surface area contributed by atoms with Crippen molar-refractivity contribution < 1.29 is 36.5 Å². The lowest BCUT2D eigenvalue weighted by Crippen LogP contribution is -2.58. The van der Waals surface area contributed by atoms with E-state index in [9.17, 15) is 22.7 Å². The molecule has 5 aliphatic heterocycles. The zero-order valence-corrected chi connectivity index (χ0v) is 34.5. The van der Waals surface area contributed by atoms with E-state index in [0.717, 1.165) is 77.4 Å². The van der Waals surface area contributed by atoms with E-state index in [-0.39, 0.29) is 40.5 Å². The van der Waals surface area contributed by atoms with Crippen LogP contribution in [0.5, 0.6) is 11.8 Å². The van der Waals surface area contributed by atoms with Crippen LogP contribution in [0.2, 0.25) is 0 Å². The Morgan fingerprint density at radius 1 is 0.948 bits per heavy atom. The number of halogens is 5. The number of alkyl halides is 3. The molecule has 2 unspecified atom stereocenters. The normalized spacial score (nSPS) is 23.4. The molecule has 14 heteroatoms. The van der Waals surface area contributed by atoms with Gasteiger partial charge in [-0.2, -0.15) is 23.1 Å². The second-order valence-corrected chi connectivity index (χ2v) is 16.1. The molecule has 5 fully saturated rings. The molecular formula is C44H57F5N6O3. The molecule has 6 aliphatic rings. The first kappa shape index (κ1) is 42.3. The van der Waals surface area contributed by atoms with Crippen LogP contribution in [0.4, 0.5) is 27.8 Å². The van der Waals surface area contributed by atoms with E-state index in [0.29, 0.717) is 71.1 Å². The molecule has 0 radical (unpaired) electrons. The quantitative estimate of drug-likeness (QED) is 0.185. The van der Waals surface area contributed by atoms with E-state index >= 15 is 4.39 Å². The number of aromatic hydroxyl groups is 1. The summed E-state index contributed by atoms with van der Waals surface area (Å²) < 4.78 is 78.2. The highest BCUT2D eigenvalue weighted by Gasteiger charge is 2.49. The number of nitrogens with one attached hydrogen (secondary N) is 1. The van der Waals surface area contributed by atoms with Crippen LogP contribution < -0.4 is 15.0 Å². The van der Waals surface area contributed by atoms with Crippen LogP contribution in [0.1, 0.15) is 96.7 Å². The number of phenolic OH excluding ortho intramolecular Hbond substituents is 1. The number of aryl methyl sites for hydroxylation is 2. The van der Waals surface area contributed by atoms with E-state index in [4.69, 9.17) is 19.7 Å². The minimum absolute atomic E-state index is 0.00167. The Labute approximate surface area is 337 Å². The number of phenols is 1. The second kappa shape index (κ2) is 17.0. The summed E-state index contributed by atoms with van der Waals surface area (Å²) in [6.45, 7) is 13.1. The van der Waals surface area contributed by atoms with Crippen molar-refractivity contribution in [3.05, 3.63) is 47.2 Å². The average molecular weight is 813 g/mol. The number of rotatable bonds is 6. The van der Waals surface area contributed by atoms with Gasteiger partial charge in [-0.15, -0.1) is 0 Å². The third kappa shape index (κ3) is 7.80. The van der Waals surface area contributed by atoms with Gasteiger partial charge in [-0.25, -0.2) is 13.8 Å². The van der Waals surface area contributed by atoms with Gasteiger partial charge in [0.15, 0.2) is 11.9 Å². The van der Waals surface area contributed by atoms with Crippen molar-refractivity contribution in [2.75, 3.05) is 38.3 Å². The molecule has 7 heterocycles. The van der Waals surface area contributed by atoms with Crippen LogP contribution in [0.25, 0.3) is 32.9 Å². The van der Waals surface area contributed by atoms with Crippen LogP contribution in [0.15, 0.2) is 24.3 Å². The molecule has 4 atom stereocenters. The van der Waals surface area contributed by atoms with Crippen LogP contribution in [0.3, 0.4) is 0 Å². The molecule has 2 aromatic carbocycles. The molecule has 2 bridgehead atoms. The number of pyridine rings is 1. The number of hydrogen-bond acceptors (Lipinski definition) is 9. The first-order valence-electron chi connectivity index (χ1n) is 21.3. The molecule has 4 aromatic rings. The molecule has 9 nitrogen and oxygen atoms in total. The first-order valence-corrected chi connectivity index (χ1v) is 21.3. The Morgan fingerprint density at radius 3 is 2.33 bits per heavy atom. The largest absolute Gasteiger partial charge is 0.508 e. The van der Waals surface area contributed by atoms with Gasteiger partial charge in [0.1, 0.15) is 35.2 Å². The first-order chi connectivity index (χ1) is 27.9. The number of anilines is 1. The lowest BCUT2D eigenvalue weighted by Gasteiger charge is -2.41. The summed E-state index contributed by atoms with van der Waals surface area (Å²) in [6, 6.07) is 7.13. The van der Waals surface area contributed by atoms with E-state index in [1.165, 1.54) is 12.1 Å². The average Bonchev–Trinajstić information content (AvgIpc) is 3.71. The predicted octanol–water partition coefficient (Wildman–Crippen LogP) is 9.43. The SMILES string of the molecule is CC.CC.COC(C1CC1)C(F)(F)F.Cc1c(F)ccc2cc(O)cc(-c3nc4c5c(nc(OCC67CCCN6CCC7)nc5c3F)N3C[C@@H]5CC[C@H](N5)C3CC4)c12. The van der Waals surface area contributed by atoms with Gasteiger partial charge in [0, 0.05) is 37.3 Å². The molecule has 10 rings (SSSR count). The summed E-state index contributed by atoms with van der Waals surface area (Å²) in [5, 5.41) is 16.2. The number of piperazine rings is 1. The van der Waals surface area contributed by atoms with Crippen molar-refractivity contribution in [3.8, 4) is 23.0 Å². The maximum atomic E-state index is 17.0. The molecular weight excluding hydrogens is 756 g/mol. The molecule has 1 saturated carbocycles. The van der Waals surface area contributed by atoms with Crippen molar-refractivity contribution in [1.29, 1.82) is 0 Å². The summed E-state index contributed by atoms with van der Waals surface area (Å²) in [5.41, 5.74) is 1.70. The Balaban J connectivity index is 0.000000317. The molecule has 58 heavy (non-hydrogen) atoms. The van der Waals surface area contributed by atoms with E-state index in [1.807, 2.05) is 27.7 Å². The smallest absolute Gasteiger partial charge is 0.414 e. The summed E-state index contributed by atoms with van der Waals surface area (Å²) in [6.07, 6.45) is 3.79. The van der Waals surface area contributed by atoms with Gasteiger partial charge < -0.3 is 24.8 Å². The molecule has 316 valence electrons. The van der Waals surface area contributed by atoms with Crippen molar-refractivity contribution >= 4 is 27.5 Å². The van der Waals surface area contributed by atoms with Gasteiger partial charge in [0.2, 0.25) is 0 Å². The van der Waals surface area contributed by atoms with Gasteiger partial charge in [-0.05, 0) is 125 Å². The summed E-state index contributed by atoms with van der Waals surface area (Å²) >= 11 is 0. The monoisotopic (exact) mass is 812 g/mol. The van der Waals surface area contributed by atoms with Crippen molar-refractivity contribution in [3.63, 3.8) is 0 Å². The zero-order valence-electron chi connectivity index (χ0n) is 34.5. The fourth-order valence-corrected chi connectivity index (χ4v) is 10.1. The predicted molar refractivity (Wildman–Crippen MR) is 217 cm³/mol. The highest BCUT2D eigenvalue weighted by Crippen LogP contribution is 2.45. The highest BCUT2D eigenvalue weighted by atomic mass is 19.4. The van der Waals surface area contributed by atoms with Crippen LogP contribution in [0, 0.1) is 24.5 Å². The maximum absolute atomic E-state index is 17.0. The number of ether oxygens (including phenoxy) is 2. The Bertz CT molecular complexity index is 2100. The topological polar surface area (TPSA) is 95.9 Å². The van der Waals surface area contributed by atoms with Crippen molar-refractivity contribution in [2.45, 2.75) is 135 Å². The Morgan fingerprint density at radius 2 is 1.67 bits per heavy atom. The van der Waals surface area contributed by atoms with Crippen LogP contribution in [-0.2, 0) is 11.2 Å². The Hall–Kier alpha value is -3.88. The Kier molecular flexibility index (Phi) is 12.4. The number of aromatic nitrogens is 3. The van der Waals surface area contributed by atoms with Gasteiger partial charge in [-0.3, -0.25) is 4.90 Å². The number of nitrogens with zero attached hydrogens (tertiary/aromatic N) is 5. The fourth-order valence-electron chi connectivity index (χ4n) is 10.1. The van der Waals surface area contributed by atoms with Crippen LogP contribution >= 0.6 is 0 Å². The molecule has 1 aliphatic carbocycles. The fraction of sp³-hybridized carbons (Fsp3) is 0.614. The molecule has 0 amide bonds. The number of hydrogen-bond donors (Lipinski definition) is 2. The van der Waals surface area contributed by atoms with Gasteiger partial charge in [0.25, 0.3) is 0 Å². The second-order valence-electron chi connectivity index (χ2n) is 16.1. The summed E-state index contributed by atoms with van der Waals surface area (Å²) in [7, 11) is 1.11. The lowest BCUT2D eigenvalue weighted by molar-refractivity contribution is -0.218. The van der Waals surface area contributed by atoms with Crippen molar-refractivity contribution in [2.24, 2.45) is 5.92 Å². The van der Waals surface area contributed by atoms with Crippen LogP contribution in [-0.4, -0.2) is 94.3 Å². The molecule has 2 aromatic heterocycles. The number of fused-ring (bicyclic) bond motifs is 7. The number of benzene rings is 2. The third-order valence-electron chi connectivity index (χ3n) is 12.8. The van der Waals surface area contributed by atoms with Gasteiger partial charge in [-0.1, -0.05) is 33.8 Å². The molecule has 0 spiro atoms. The highest BCUT2D eigenvalue weighted by molar-refractivity contribution is 6.02. The zero-order chi connectivity index (χ0) is 41.5. The maximum Gasteiger partial charge on any atom is 0.414 e. The van der Waals surface area contributed by atoms with Crippen molar-refractivity contribution in [1.82, 2.24) is 25.2 Å². The van der Waals surface area contributed by atoms with E-state index in [1.54, 1.807) is 19.1 Å². The lowest BCUT2D eigenvalue weighted by atomic mass is 9.95. The minimum Gasteiger partial charge on any atom is -0.508 e. The van der Waals surface area contributed by atoms with E-state index in [2.05, 4.69) is 19.9 Å². The third-order valence-corrected chi connectivity index (χ3v) is 12.8.